The van der Waals surface area contributed by atoms with Crippen molar-refractivity contribution in [1.29, 1.82) is 0 Å². The highest BCUT2D eigenvalue weighted by molar-refractivity contribution is 5.57. The van der Waals surface area contributed by atoms with Crippen molar-refractivity contribution in [3.05, 3.63) is 117 Å². The minimum absolute atomic E-state index is 0.361. The summed E-state index contributed by atoms with van der Waals surface area (Å²) in [4.78, 5) is 0. The van der Waals surface area contributed by atoms with Crippen LogP contribution in [0.4, 0.5) is 0 Å². The van der Waals surface area contributed by atoms with E-state index in [2.05, 4.69) is 72.8 Å². The van der Waals surface area contributed by atoms with Crippen LogP contribution in [0.5, 0.6) is 23.0 Å². The number of rotatable bonds is 2. The lowest BCUT2D eigenvalue weighted by atomic mass is 9.65. The van der Waals surface area contributed by atoms with Gasteiger partial charge in [0.1, 0.15) is 36.2 Å². The SMILES string of the molecule is COc1c2cccc1[C@H]1CC[C@H]1c1cccc(c1OC)Cc1cccc3c1OCCOCCOc1c(cccc1[C@@H]1CC[C@H]31)C2. The van der Waals surface area contributed by atoms with Crippen molar-refractivity contribution in [2.24, 2.45) is 0 Å². The molecule has 4 aromatic rings. The molecule has 3 aliphatic carbocycles. The predicted octanol–water partition coefficient (Wildman–Crippen LogP) is 8.31. The molecule has 45 heavy (non-hydrogen) atoms. The van der Waals surface area contributed by atoms with Crippen LogP contribution in [-0.4, -0.2) is 40.6 Å². The number of methoxy groups -OCH3 is 2. The fraction of sp³-hybridized carbons (Fsp3) is 0.400. The highest BCUT2D eigenvalue weighted by atomic mass is 16.5. The van der Waals surface area contributed by atoms with Gasteiger partial charge in [0.05, 0.1) is 27.4 Å². The topological polar surface area (TPSA) is 46.2 Å². The van der Waals surface area contributed by atoms with Crippen LogP contribution >= 0.6 is 0 Å². The molecule has 5 nitrogen and oxygen atoms in total. The van der Waals surface area contributed by atoms with Crippen molar-refractivity contribution in [2.75, 3.05) is 40.6 Å². The van der Waals surface area contributed by atoms with Gasteiger partial charge in [-0.15, -0.1) is 0 Å². The van der Waals surface area contributed by atoms with Crippen LogP contribution in [0.1, 0.15) is 93.9 Å². The molecule has 4 aromatic carbocycles. The average Bonchev–Trinajstić information content (AvgIpc) is 3.02. The number of ether oxygens (including phenoxy) is 5. The third-order valence-corrected chi connectivity index (χ3v) is 10.8. The predicted molar refractivity (Wildman–Crippen MR) is 176 cm³/mol. The Kier molecular flexibility index (Phi) is 7.66. The molecular weight excluding hydrogens is 560 g/mol. The van der Waals surface area contributed by atoms with Gasteiger partial charge in [-0.3, -0.25) is 0 Å². The Labute approximate surface area is 266 Å². The molecule has 0 amide bonds. The molecule has 10 bridgehead atoms. The summed E-state index contributed by atoms with van der Waals surface area (Å²) in [7, 11) is 3.64. The first-order valence-electron chi connectivity index (χ1n) is 16.6. The van der Waals surface area contributed by atoms with E-state index in [0.29, 0.717) is 50.1 Å². The number of fused-ring (bicyclic) bond motifs is 7. The van der Waals surface area contributed by atoms with E-state index in [4.69, 9.17) is 23.7 Å². The highest BCUT2D eigenvalue weighted by Crippen LogP contribution is 2.56. The van der Waals surface area contributed by atoms with Crippen LogP contribution in [0.25, 0.3) is 0 Å². The van der Waals surface area contributed by atoms with E-state index in [1.807, 2.05) is 14.2 Å². The molecule has 1 heterocycles. The zero-order valence-electron chi connectivity index (χ0n) is 26.3. The Morgan fingerprint density at radius 3 is 1.24 bits per heavy atom. The van der Waals surface area contributed by atoms with Gasteiger partial charge >= 0.3 is 0 Å². The molecule has 1 aliphatic heterocycles. The van der Waals surface area contributed by atoms with Crippen molar-refractivity contribution in [2.45, 2.75) is 62.2 Å². The Hall–Kier alpha value is -3.96. The molecule has 232 valence electrons. The lowest BCUT2D eigenvalue weighted by molar-refractivity contribution is 0.0758. The zero-order valence-corrected chi connectivity index (χ0v) is 26.3. The second kappa shape index (κ2) is 12.1. The molecule has 0 aromatic heterocycles. The van der Waals surface area contributed by atoms with Crippen LogP contribution in [0.3, 0.4) is 0 Å². The normalized spacial score (nSPS) is 23.6. The van der Waals surface area contributed by atoms with Gasteiger partial charge in [-0.1, -0.05) is 72.8 Å². The molecule has 0 radical (unpaired) electrons. The Bertz CT molecular complexity index is 1580. The summed E-state index contributed by atoms with van der Waals surface area (Å²) in [5, 5.41) is 0. The monoisotopic (exact) mass is 602 g/mol. The first-order valence-corrected chi connectivity index (χ1v) is 16.6. The minimum Gasteiger partial charge on any atom is -0.496 e. The maximum atomic E-state index is 6.65. The fourth-order valence-corrected chi connectivity index (χ4v) is 8.40. The van der Waals surface area contributed by atoms with E-state index >= 15 is 0 Å². The number of hydrogen-bond acceptors (Lipinski definition) is 5. The molecular formula is C40H42O5. The largest absolute Gasteiger partial charge is 0.496 e. The molecule has 0 unspecified atom stereocenters. The van der Waals surface area contributed by atoms with Crippen LogP contribution in [0.15, 0.2) is 72.8 Å². The van der Waals surface area contributed by atoms with Gasteiger partial charge < -0.3 is 23.7 Å². The molecule has 2 fully saturated rings. The maximum absolute atomic E-state index is 6.65. The van der Waals surface area contributed by atoms with Crippen LogP contribution in [-0.2, 0) is 17.6 Å². The van der Waals surface area contributed by atoms with Crippen molar-refractivity contribution in [1.82, 2.24) is 0 Å². The smallest absolute Gasteiger partial charge is 0.126 e. The molecule has 4 atom stereocenters. The maximum Gasteiger partial charge on any atom is 0.126 e. The lowest BCUT2D eigenvalue weighted by Crippen LogP contribution is -2.24. The standard InChI is InChI=1S/C40H42O5/c1-41-37-25-7-3-11-33(37)29-15-16-30(29)34-12-4-8-26(38(34)42-2)24-28-10-6-14-36-32-18-17-31(32)35-13-5-9-27(23-25)39(35)44-21-19-43-20-22-45-40(28)36/h3-14,29-32H,15-24H2,1-2H3/t29-,30+,31+,32-. The van der Waals surface area contributed by atoms with E-state index < -0.39 is 0 Å². The summed E-state index contributed by atoms with van der Waals surface area (Å²) in [6.07, 6.45) is 6.01. The van der Waals surface area contributed by atoms with Crippen LogP contribution in [0, 0.1) is 0 Å². The summed E-state index contributed by atoms with van der Waals surface area (Å²) in [5.74, 6) is 5.51. The average molecular weight is 603 g/mol. The summed E-state index contributed by atoms with van der Waals surface area (Å²) >= 11 is 0. The Balaban J connectivity index is 1.36. The van der Waals surface area contributed by atoms with Gasteiger partial charge in [-0.05, 0) is 93.9 Å². The molecule has 2 saturated carbocycles. The Morgan fingerprint density at radius 2 is 0.844 bits per heavy atom. The third-order valence-electron chi connectivity index (χ3n) is 10.8. The molecule has 0 spiro atoms. The first kappa shape index (κ1) is 28.5. The summed E-state index contributed by atoms with van der Waals surface area (Å²) < 4.78 is 31.8. The summed E-state index contributed by atoms with van der Waals surface area (Å²) in [5.41, 5.74) is 9.98. The van der Waals surface area contributed by atoms with Gasteiger partial charge in [0.25, 0.3) is 0 Å². The Morgan fingerprint density at radius 1 is 0.467 bits per heavy atom. The van der Waals surface area contributed by atoms with Gasteiger partial charge in [0.15, 0.2) is 0 Å². The quantitative estimate of drug-likeness (QED) is 0.231. The van der Waals surface area contributed by atoms with Crippen molar-refractivity contribution < 1.29 is 23.7 Å². The lowest BCUT2D eigenvalue weighted by Gasteiger charge is -2.40. The van der Waals surface area contributed by atoms with Crippen molar-refractivity contribution >= 4 is 0 Å². The molecule has 5 heteroatoms. The molecule has 8 rings (SSSR count). The van der Waals surface area contributed by atoms with E-state index in [1.165, 1.54) is 44.5 Å². The summed E-state index contributed by atoms with van der Waals surface area (Å²) in [6.45, 7) is 2.06. The molecule has 0 N–H and O–H groups in total. The zero-order chi connectivity index (χ0) is 30.3. The van der Waals surface area contributed by atoms with Crippen molar-refractivity contribution in [3.63, 3.8) is 0 Å². The summed E-state index contributed by atoms with van der Waals surface area (Å²) in [6, 6.07) is 26.8. The first-order chi connectivity index (χ1) is 22.2. The van der Waals surface area contributed by atoms with Gasteiger partial charge in [-0.25, -0.2) is 0 Å². The number of para-hydroxylation sites is 4. The third kappa shape index (κ3) is 4.96. The number of benzene rings is 4. The fourth-order valence-electron chi connectivity index (χ4n) is 8.40. The van der Waals surface area contributed by atoms with E-state index in [9.17, 15) is 0 Å². The van der Waals surface area contributed by atoms with Crippen LogP contribution < -0.4 is 18.9 Å². The van der Waals surface area contributed by atoms with Gasteiger partial charge in [0.2, 0.25) is 0 Å². The minimum atomic E-state index is 0.361. The van der Waals surface area contributed by atoms with Gasteiger partial charge in [-0.2, -0.15) is 0 Å². The van der Waals surface area contributed by atoms with Crippen LogP contribution in [0.2, 0.25) is 0 Å². The van der Waals surface area contributed by atoms with Crippen molar-refractivity contribution in [3.8, 4) is 23.0 Å². The second-order valence-electron chi connectivity index (χ2n) is 13.0. The second-order valence-corrected chi connectivity index (χ2v) is 13.0. The number of hydrogen-bond donors (Lipinski definition) is 0. The highest BCUT2D eigenvalue weighted by Gasteiger charge is 2.40. The van der Waals surface area contributed by atoms with E-state index in [-0.39, 0.29) is 0 Å². The van der Waals surface area contributed by atoms with E-state index in [0.717, 1.165) is 61.5 Å². The van der Waals surface area contributed by atoms with E-state index in [1.54, 1.807) is 0 Å². The van der Waals surface area contributed by atoms with Gasteiger partial charge in [0, 0.05) is 12.8 Å². The molecule has 4 aliphatic rings. The molecule has 0 saturated heterocycles.